The van der Waals surface area contributed by atoms with Crippen molar-refractivity contribution in [1.29, 1.82) is 0 Å². The molecule has 0 spiro atoms. The molecule has 2 N–H and O–H groups in total. The highest BCUT2D eigenvalue weighted by Gasteiger charge is 2.13. The number of urea groups is 1. The Labute approximate surface area is 136 Å². The fraction of sp³-hybridized carbons (Fsp3) is 0.278. The van der Waals surface area contributed by atoms with E-state index in [0.717, 1.165) is 23.2 Å². The van der Waals surface area contributed by atoms with Gasteiger partial charge in [-0.25, -0.2) is 4.79 Å². The average molecular weight is 317 g/mol. The Bertz CT molecular complexity index is 653. The van der Waals surface area contributed by atoms with Crippen molar-refractivity contribution in [2.45, 2.75) is 33.2 Å². The van der Waals surface area contributed by atoms with E-state index in [-0.39, 0.29) is 12.1 Å². The predicted molar refractivity (Wildman–Crippen MR) is 92.6 cm³/mol. The van der Waals surface area contributed by atoms with E-state index in [1.165, 1.54) is 5.56 Å². The van der Waals surface area contributed by atoms with E-state index in [1.54, 1.807) is 0 Å². The smallest absolute Gasteiger partial charge is 0.319 e. The van der Waals surface area contributed by atoms with E-state index in [4.69, 9.17) is 11.6 Å². The molecule has 0 aliphatic rings. The number of benzene rings is 2. The Hall–Kier alpha value is -2.00. The zero-order chi connectivity index (χ0) is 16.1. The highest BCUT2D eigenvalue weighted by molar-refractivity contribution is 6.30. The summed E-state index contributed by atoms with van der Waals surface area (Å²) in [4.78, 5) is 12.2. The van der Waals surface area contributed by atoms with Crippen LogP contribution in [0.15, 0.2) is 42.5 Å². The second-order valence-corrected chi connectivity index (χ2v) is 5.87. The number of carbonyl (C=O) groups is 1. The Morgan fingerprint density at radius 1 is 1.14 bits per heavy atom. The van der Waals surface area contributed by atoms with Gasteiger partial charge in [0.15, 0.2) is 0 Å². The number of amides is 2. The largest absolute Gasteiger partial charge is 0.331 e. The number of carbonyl (C=O) groups excluding carboxylic acids is 1. The second kappa shape index (κ2) is 7.32. The quantitative estimate of drug-likeness (QED) is 0.796. The summed E-state index contributed by atoms with van der Waals surface area (Å²) in [5.41, 5.74) is 4.10. The van der Waals surface area contributed by atoms with Gasteiger partial charge >= 0.3 is 6.03 Å². The molecule has 2 rings (SSSR count). The van der Waals surface area contributed by atoms with Crippen LogP contribution in [0.1, 0.15) is 36.1 Å². The van der Waals surface area contributed by atoms with Gasteiger partial charge in [-0.2, -0.15) is 0 Å². The maximum absolute atomic E-state index is 12.2. The third kappa shape index (κ3) is 4.25. The van der Waals surface area contributed by atoms with Gasteiger partial charge in [0.25, 0.3) is 0 Å². The lowest BCUT2D eigenvalue weighted by atomic mass is 10.1. The Balaban J connectivity index is 2.04. The zero-order valence-corrected chi connectivity index (χ0v) is 13.9. The molecular formula is C18H21ClN2O. The Morgan fingerprint density at radius 2 is 1.82 bits per heavy atom. The van der Waals surface area contributed by atoms with Crippen LogP contribution in [0.2, 0.25) is 5.02 Å². The molecule has 22 heavy (non-hydrogen) atoms. The zero-order valence-electron chi connectivity index (χ0n) is 13.1. The van der Waals surface area contributed by atoms with Crippen LogP contribution >= 0.6 is 11.6 Å². The third-order valence-corrected chi connectivity index (χ3v) is 3.87. The predicted octanol–water partition coefficient (Wildman–Crippen LogP) is 5.23. The van der Waals surface area contributed by atoms with Crippen LogP contribution in [-0.4, -0.2) is 6.03 Å². The molecule has 0 aromatic heterocycles. The number of halogens is 1. The van der Waals surface area contributed by atoms with Crippen LogP contribution < -0.4 is 10.6 Å². The summed E-state index contributed by atoms with van der Waals surface area (Å²) in [6, 6.07) is 13.3. The molecule has 0 saturated carbocycles. The van der Waals surface area contributed by atoms with Gasteiger partial charge in [0.2, 0.25) is 0 Å². The Kier molecular flexibility index (Phi) is 5.45. The lowest BCUT2D eigenvalue weighted by molar-refractivity contribution is 0.248. The van der Waals surface area contributed by atoms with Crippen molar-refractivity contribution < 1.29 is 4.79 Å². The first kappa shape index (κ1) is 16.4. The molecule has 0 heterocycles. The Morgan fingerprint density at radius 3 is 2.41 bits per heavy atom. The van der Waals surface area contributed by atoms with Crippen molar-refractivity contribution in [3.63, 3.8) is 0 Å². The topological polar surface area (TPSA) is 41.1 Å². The first-order valence-corrected chi connectivity index (χ1v) is 7.77. The maximum Gasteiger partial charge on any atom is 0.319 e. The van der Waals surface area contributed by atoms with Crippen molar-refractivity contribution in [2.24, 2.45) is 0 Å². The van der Waals surface area contributed by atoms with E-state index in [9.17, 15) is 4.79 Å². The molecule has 0 saturated heterocycles. The van der Waals surface area contributed by atoms with Crippen LogP contribution in [0.4, 0.5) is 10.5 Å². The van der Waals surface area contributed by atoms with Crippen LogP contribution in [0.3, 0.4) is 0 Å². The fourth-order valence-corrected chi connectivity index (χ4v) is 2.51. The third-order valence-electron chi connectivity index (χ3n) is 3.62. The first-order valence-electron chi connectivity index (χ1n) is 7.40. The highest BCUT2D eigenvalue weighted by atomic mass is 35.5. The number of rotatable bonds is 4. The van der Waals surface area contributed by atoms with Gasteiger partial charge in [-0.15, -0.1) is 0 Å². The van der Waals surface area contributed by atoms with E-state index < -0.39 is 0 Å². The van der Waals surface area contributed by atoms with Crippen molar-refractivity contribution in [3.8, 4) is 0 Å². The lowest BCUT2D eigenvalue weighted by Gasteiger charge is -2.18. The van der Waals surface area contributed by atoms with Crippen molar-refractivity contribution >= 4 is 23.3 Å². The second-order valence-electron chi connectivity index (χ2n) is 5.43. The van der Waals surface area contributed by atoms with Gasteiger partial charge in [0.1, 0.15) is 0 Å². The number of anilines is 1. The molecule has 3 nitrogen and oxygen atoms in total. The summed E-state index contributed by atoms with van der Waals surface area (Å²) >= 11 is 5.90. The lowest BCUT2D eigenvalue weighted by Crippen LogP contribution is -2.32. The molecule has 2 amide bonds. The van der Waals surface area contributed by atoms with Crippen LogP contribution in [0.5, 0.6) is 0 Å². The molecule has 116 valence electrons. The molecule has 2 aromatic carbocycles. The van der Waals surface area contributed by atoms with E-state index in [0.29, 0.717) is 5.02 Å². The van der Waals surface area contributed by atoms with Gasteiger partial charge in [0, 0.05) is 10.7 Å². The SMILES string of the molecule is CC[C@H](NC(=O)Nc1ccc(C)cc1C)c1ccc(Cl)cc1. The first-order chi connectivity index (χ1) is 10.5. The summed E-state index contributed by atoms with van der Waals surface area (Å²) in [6.45, 7) is 6.06. The normalized spacial score (nSPS) is 11.8. The molecule has 0 aliphatic heterocycles. The average Bonchev–Trinajstić information content (AvgIpc) is 2.49. The number of aryl methyl sites for hydroxylation is 2. The molecule has 0 unspecified atom stereocenters. The molecular weight excluding hydrogens is 296 g/mol. The van der Waals surface area contributed by atoms with Gasteiger partial charge in [-0.05, 0) is 49.6 Å². The summed E-state index contributed by atoms with van der Waals surface area (Å²) < 4.78 is 0. The minimum absolute atomic E-state index is 0.0389. The van der Waals surface area contributed by atoms with E-state index in [1.807, 2.05) is 63.2 Å². The summed E-state index contributed by atoms with van der Waals surface area (Å²) in [5, 5.41) is 6.60. The molecule has 0 aliphatic carbocycles. The van der Waals surface area contributed by atoms with Gasteiger partial charge in [-0.1, -0.05) is 48.4 Å². The van der Waals surface area contributed by atoms with Crippen molar-refractivity contribution in [3.05, 3.63) is 64.2 Å². The van der Waals surface area contributed by atoms with E-state index in [2.05, 4.69) is 10.6 Å². The molecule has 0 radical (unpaired) electrons. The standard InChI is InChI=1S/C18H21ClN2O/c1-4-16(14-6-8-15(19)9-7-14)20-18(22)21-17-10-5-12(2)11-13(17)3/h5-11,16H,4H2,1-3H3,(H2,20,21,22)/t16-/m0/s1. The van der Waals surface area contributed by atoms with Crippen LogP contribution in [0.25, 0.3) is 0 Å². The number of hydrogen-bond donors (Lipinski definition) is 2. The molecule has 0 fully saturated rings. The van der Waals surface area contributed by atoms with Crippen molar-refractivity contribution in [2.75, 3.05) is 5.32 Å². The van der Waals surface area contributed by atoms with Crippen LogP contribution in [-0.2, 0) is 0 Å². The minimum Gasteiger partial charge on any atom is -0.331 e. The summed E-state index contributed by atoms with van der Waals surface area (Å²) in [7, 11) is 0. The summed E-state index contributed by atoms with van der Waals surface area (Å²) in [5.74, 6) is 0. The number of hydrogen-bond acceptors (Lipinski definition) is 1. The monoisotopic (exact) mass is 316 g/mol. The van der Waals surface area contributed by atoms with Gasteiger partial charge in [-0.3, -0.25) is 0 Å². The molecule has 4 heteroatoms. The van der Waals surface area contributed by atoms with Gasteiger partial charge in [0.05, 0.1) is 6.04 Å². The minimum atomic E-state index is -0.200. The van der Waals surface area contributed by atoms with Crippen LogP contribution in [0, 0.1) is 13.8 Å². The molecule has 1 atom stereocenters. The van der Waals surface area contributed by atoms with Gasteiger partial charge < -0.3 is 10.6 Å². The van der Waals surface area contributed by atoms with E-state index >= 15 is 0 Å². The highest BCUT2D eigenvalue weighted by Crippen LogP contribution is 2.20. The molecule has 2 aromatic rings. The van der Waals surface area contributed by atoms with Crippen molar-refractivity contribution in [1.82, 2.24) is 5.32 Å². The fourth-order valence-electron chi connectivity index (χ4n) is 2.39. The maximum atomic E-state index is 12.2. The summed E-state index contributed by atoms with van der Waals surface area (Å²) in [6.07, 6.45) is 0.807. The number of nitrogens with one attached hydrogen (secondary N) is 2. The molecule has 0 bridgehead atoms.